The van der Waals surface area contributed by atoms with Crippen LogP contribution in [0.2, 0.25) is 0 Å². The Kier molecular flexibility index (Phi) is 11.7. The molecule has 3 aromatic carbocycles. The van der Waals surface area contributed by atoms with Gasteiger partial charge in [0, 0.05) is 35.2 Å². The number of ether oxygens (including phenoxy) is 2. The van der Waals surface area contributed by atoms with Crippen molar-refractivity contribution >= 4 is 46.6 Å². The maximum atomic E-state index is 14.0. The van der Waals surface area contributed by atoms with E-state index in [-0.39, 0.29) is 43.2 Å². The van der Waals surface area contributed by atoms with Gasteiger partial charge in [-0.15, -0.1) is 0 Å². The van der Waals surface area contributed by atoms with E-state index < -0.39 is 53.1 Å². The van der Waals surface area contributed by atoms with Crippen molar-refractivity contribution < 1.29 is 38.6 Å². The Bertz CT molecular complexity index is 2570. The number of carboxylic acid groups (broad SMARTS) is 1. The van der Waals surface area contributed by atoms with Crippen LogP contribution in [0.3, 0.4) is 0 Å². The molecule has 2 aromatic heterocycles. The summed E-state index contributed by atoms with van der Waals surface area (Å²) < 4.78 is 13.1. The van der Waals surface area contributed by atoms with Gasteiger partial charge < -0.3 is 40.4 Å². The number of anilines is 1. The first kappa shape index (κ1) is 41.1. The van der Waals surface area contributed by atoms with E-state index in [4.69, 9.17) is 14.5 Å². The van der Waals surface area contributed by atoms with Crippen molar-refractivity contribution in [1.82, 2.24) is 25.5 Å². The van der Waals surface area contributed by atoms with Crippen LogP contribution in [0.4, 0.5) is 15.3 Å². The molecular weight excluding hydrogens is 769 g/mol. The number of amides is 4. The number of carboxylic acids is 1. The highest BCUT2D eigenvalue weighted by molar-refractivity contribution is 5.92. The van der Waals surface area contributed by atoms with Gasteiger partial charge in [-0.1, -0.05) is 82.3 Å². The zero-order chi connectivity index (χ0) is 42.7. The van der Waals surface area contributed by atoms with Crippen molar-refractivity contribution in [2.75, 3.05) is 11.9 Å². The predicted molar refractivity (Wildman–Crippen MR) is 223 cm³/mol. The monoisotopic (exact) mass is 814 g/mol. The zero-order valence-corrected chi connectivity index (χ0v) is 33.7. The molecule has 0 radical (unpaired) electrons. The number of cyclic esters (lactones) is 1. The first-order valence-corrected chi connectivity index (χ1v) is 19.9. The molecule has 0 fully saturated rings. The molecule has 0 spiro atoms. The highest BCUT2D eigenvalue weighted by Crippen LogP contribution is 2.41. The maximum Gasteiger partial charge on any atom is 0.355 e. The van der Waals surface area contributed by atoms with E-state index in [1.807, 2.05) is 67.6 Å². The van der Waals surface area contributed by atoms with Crippen LogP contribution in [0.1, 0.15) is 62.8 Å². The summed E-state index contributed by atoms with van der Waals surface area (Å²) >= 11 is 0. The molecule has 0 saturated carbocycles. The van der Waals surface area contributed by atoms with Crippen molar-refractivity contribution in [2.45, 2.75) is 77.8 Å². The summed E-state index contributed by atoms with van der Waals surface area (Å²) in [5, 5.41) is 21.6. The Morgan fingerprint density at radius 2 is 1.68 bits per heavy atom. The van der Waals surface area contributed by atoms with Gasteiger partial charge in [0.25, 0.3) is 5.56 Å². The number of nitrogens with zero attached hydrogens (tertiary/aromatic N) is 2. The van der Waals surface area contributed by atoms with Gasteiger partial charge in [0.05, 0.1) is 29.0 Å². The maximum absolute atomic E-state index is 14.0. The molecule has 310 valence electrons. The van der Waals surface area contributed by atoms with Crippen molar-refractivity contribution in [3.63, 3.8) is 0 Å². The highest BCUT2D eigenvalue weighted by atomic mass is 16.6. The summed E-state index contributed by atoms with van der Waals surface area (Å²) in [4.78, 5) is 84.4. The summed E-state index contributed by atoms with van der Waals surface area (Å²) in [6.45, 7) is 7.43. The van der Waals surface area contributed by atoms with E-state index in [1.54, 1.807) is 49.6 Å². The van der Waals surface area contributed by atoms with E-state index >= 15 is 0 Å². The molecule has 4 heterocycles. The Hall–Kier alpha value is -7.03. The largest absolute Gasteiger partial charge is 0.480 e. The molecule has 60 heavy (non-hydrogen) atoms. The van der Waals surface area contributed by atoms with Crippen LogP contribution < -0.4 is 26.8 Å². The molecule has 5 aromatic rings. The molecule has 7 rings (SSSR count). The Morgan fingerprint density at radius 1 is 0.917 bits per heavy atom. The highest BCUT2D eigenvalue weighted by Gasteiger charge is 2.51. The lowest BCUT2D eigenvalue weighted by atomic mass is 9.85. The van der Waals surface area contributed by atoms with Crippen molar-refractivity contribution in [2.24, 2.45) is 5.92 Å². The Labute approximate surface area is 345 Å². The van der Waals surface area contributed by atoms with Gasteiger partial charge in [0.15, 0.2) is 0 Å². The first-order valence-electron chi connectivity index (χ1n) is 19.9. The lowest BCUT2D eigenvalue weighted by Gasteiger charge is -2.37. The lowest BCUT2D eigenvalue weighted by molar-refractivity contribution is -0.191. The third-order valence-corrected chi connectivity index (χ3v) is 10.9. The molecule has 3 atom stereocenters. The van der Waals surface area contributed by atoms with Crippen molar-refractivity contribution in [3.05, 3.63) is 118 Å². The van der Waals surface area contributed by atoms with Gasteiger partial charge in [0.1, 0.15) is 18.7 Å². The number of nitrogens with one attached hydrogen (secondary N) is 4. The number of carbonyl (C=O) groups is 5. The molecule has 1 unspecified atom stereocenters. The number of aromatic nitrogens is 2. The molecule has 15 heteroatoms. The molecule has 2 aliphatic rings. The molecule has 4 amide bonds. The number of carbonyl (C=O) groups excluding carboxylic acids is 4. The quantitative estimate of drug-likeness (QED) is 0.0880. The van der Waals surface area contributed by atoms with Crippen LogP contribution in [0.25, 0.3) is 33.4 Å². The first-order chi connectivity index (χ1) is 28.8. The number of pyridine rings is 2. The normalized spacial score (nSPS) is 16.1. The minimum absolute atomic E-state index is 0.0752. The number of esters is 2. The average molecular weight is 815 g/mol. The number of aliphatic carboxylic acids is 1. The van der Waals surface area contributed by atoms with Gasteiger partial charge in [-0.05, 0) is 65.8 Å². The van der Waals surface area contributed by atoms with Crippen LogP contribution in [-0.4, -0.2) is 63.3 Å². The Morgan fingerprint density at radius 3 is 2.40 bits per heavy atom. The van der Waals surface area contributed by atoms with Crippen molar-refractivity contribution in [1.29, 1.82) is 0 Å². The van der Waals surface area contributed by atoms with E-state index in [0.29, 0.717) is 29.2 Å². The third kappa shape index (κ3) is 8.15. The third-order valence-electron chi connectivity index (χ3n) is 10.9. The van der Waals surface area contributed by atoms with Gasteiger partial charge in [-0.25, -0.2) is 29.0 Å². The fraction of sp³-hybridized carbons (Fsp3) is 0.311. The number of fused-ring (bicyclic) bond motifs is 5. The van der Waals surface area contributed by atoms with Crippen LogP contribution >= 0.6 is 0 Å². The van der Waals surface area contributed by atoms with E-state index in [9.17, 15) is 33.9 Å². The SMILES string of the molecule is CCCNC(=O)Nc1cccc(-c2ccc(CC(NC(=O)N[C@H](C(=O)O[C@]3(CC)C(=O)OCc4c3cc3n(c4=O)Cc4cc5ccccc5nc4-3)C(C)C)C(=O)O)cc2)c1. The zero-order valence-electron chi connectivity index (χ0n) is 33.7. The van der Waals surface area contributed by atoms with Gasteiger partial charge in [-0.3, -0.25) is 4.79 Å². The molecule has 0 bridgehead atoms. The fourth-order valence-electron chi connectivity index (χ4n) is 7.62. The number of hydrogen-bond donors (Lipinski definition) is 5. The van der Waals surface area contributed by atoms with Crippen molar-refractivity contribution in [3.8, 4) is 22.5 Å². The smallest absolute Gasteiger partial charge is 0.355 e. The second-order valence-electron chi connectivity index (χ2n) is 15.3. The van der Waals surface area contributed by atoms with Crippen LogP contribution in [-0.2, 0) is 49.0 Å². The summed E-state index contributed by atoms with van der Waals surface area (Å²) in [5.74, 6) is -3.70. The molecule has 0 saturated heterocycles. The predicted octanol–water partition coefficient (Wildman–Crippen LogP) is 5.85. The van der Waals surface area contributed by atoms with E-state index in [1.165, 1.54) is 0 Å². The summed E-state index contributed by atoms with van der Waals surface area (Å²) in [6, 6.07) is 21.7. The van der Waals surface area contributed by atoms with Crippen LogP contribution in [0.5, 0.6) is 0 Å². The molecule has 15 nitrogen and oxygen atoms in total. The number of para-hydroxylation sites is 1. The molecule has 0 aliphatic carbocycles. The topological polar surface area (TPSA) is 207 Å². The fourth-order valence-corrected chi connectivity index (χ4v) is 7.62. The van der Waals surface area contributed by atoms with Crippen LogP contribution in [0.15, 0.2) is 89.7 Å². The van der Waals surface area contributed by atoms with Gasteiger partial charge in [0.2, 0.25) is 5.60 Å². The van der Waals surface area contributed by atoms with E-state index in [2.05, 4.69) is 21.3 Å². The number of rotatable bonds is 13. The second-order valence-corrected chi connectivity index (χ2v) is 15.3. The number of hydrogen-bond acceptors (Lipinski definition) is 9. The summed E-state index contributed by atoms with van der Waals surface area (Å²) in [5.41, 5.74) is 3.46. The average Bonchev–Trinajstić information content (AvgIpc) is 3.59. The minimum atomic E-state index is -2.01. The lowest BCUT2D eigenvalue weighted by Crippen LogP contribution is -2.56. The number of urea groups is 2. The van der Waals surface area contributed by atoms with E-state index in [0.717, 1.165) is 34.0 Å². The van der Waals surface area contributed by atoms with Gasteiger partial charge in [-0.2, -0.15) is 0 Å². The molecule has 2 aliphatic heterocycles. The second kappa shape index (κ2) is 17.1. The summed E-state index contributed by atoms with van der Waals surface area (Å²) in [7, 11) is 0. The number of benzene rings is 3. The van der Waals surface area contributed by atoms with Gasteiger partial charge >= 0.3 is 30.0 Å². The molecular formula is C45H46N6O9. The standard InChI is InChI=1S/C45H46N6O9/c1-5-18-46-43(57)47-31-12-9-11-28(21-31)27-16-14-26(15-17-27)19-35(40(53)54)49-44(58)50-37(25(3)4)41(55)60-45(6-2)33-22-36-38-30(20-29-10-7-8-13-34(29)48-38)23-51(36)39(52)32(33)24-59-42(45)56/h7-17,20-22,25,35,37H,5-6,18-19,23-24H2,1-4H3,(H,53,54)(H2,46,47,57)(H2,49,50,58)/t35?,37-,45-/m0/s1. The molecule has 5 N–H and O–H groups in total. The summed E-state index contributed by atoms with van der Waals surface area (Å²) in [6.07, 6.45) is 0.653. The Balaban J connectivity index is 1.06. The van der Waals surface area contributed by atoms with Crippen LogP contribution in [0, 0.1) is 5.92 Å². The minimum Gasteiger partial charge on any atom is -0.480 e.